The number of rotatable bonds is 4. The van der Waals surface area contributed by atoms with E-state index in [0.29, 0.717) is 11.3 Å². The molecular weight excluding hydrogens is 132 g/mol. The zero-order valence-corrected chi connectivity index (χ0v) is 8.70. The molecule has 0 rings (SSSR count). The second-order valence-electron chi connectivity index (χ2n) is 4.31. The smallest absolute Gasteiger partial charge is 0.0145 e. The second-order valence-corrected chi connectivity index (χ2v) is 4.31. The van der Waals surface area contributed by atoms with Gasteiger partial charge in [0.2, 0.25) is 0 Å². The van der Waals surface area contributed by atoms with Crippen molar-refractivity contribution in [1.82, 2.24) is 0 Å². The van der Waals surface area contributed by atoms with Crippen LogP contribution in [0.1, 0.15) is 47.5 Å². The molecular formula is C11H22. The minimum atomic E-state index is 0.336. The van der Waals surface area contributed by atoms with Crippen LogP contribution in [0.3, 0.4) is 0 Å². The van der Waals surface area contributed by atoms with Gasteiger partial charge in [-0.1, -0.05) is 53.2 Å². The summed E-state index contributed by atoms with van der Waals surface area (Å²) in [5.41, 5.74) is 1.72. The molecule has 0 heterocycles. The van der Waals surface area contributed by atoms with Crippen molar-refractivity contribution in [3.8, 4) is 0 Å². The summed E-state index contributed by atoms with van der Waals surface area (Å²) < 4.78 is 0. The van der Waals surface area contributed by atoms with Crippen molar-refractivity contribution in [3.63, 3.8) is 0 Å². The van der Waals surface area contributed by atoms with Crippen LogP contribution in [-0.4, -0.2) is 0 Å². The molecule has 0 nitrogen and oxygen atoms in total. The summed E-state index contributed by atoms with van der Waals surface area (Å²) in [6.07, 6.45) is 2.50. The SMILES string of the molecule is C=C(C(C)C)C(C)(C)CCC. The fraction of sp³-hybridized carbons (Fsp3) is 0.818. The van der Waals surface area contributed by atoms with Crippen molar-refractivity contribution in [3.05, 3.63) is 12.2 Å². The molecule has 0 aromatic rings. The summed E-state index contributed by atoms with van der Waals surface area (Å²) in [7, 11) is 0. The van der Waals surface area contributed by atoms with Gasteiger partial charge in [0, 0.05) is 0 Å². The van der Waals surface area contributed by atoms with Gasteiger partial charge in [0.15, 0.2) is 0 Å². The molecule has 0 aromatic heterocycles. The Morgan fingerprint density at radius 1 is 1.36 bits per heavy atom. The van der Waals surface area contributed by atoms with Gasteiger partial charge in [-0.05, 0) is 17.8 Å². The van der Waals surface area contributed by atoms with Crippen LogP contribution in [0.5, 0.6) is 0 Å². The first-order valence-corrected chi connectivity index (χ1v) is 4.61. The summed E-state index contributed by atoms with van der Waals surface area (Å²) in [6.45, 7) is 15.4. The summed E-state index contributed by atoms with van der Waals surface area (Å²) in [5, 5.41) is 0. The molecule has 0 spiro atoms. The van der Waals surface area contributed by atoms with Gasteiger partial charge in [0.25, 0.3) is 0 Å². The Labute approximate surface area is 71.7 Å². The van der Waals surface area contributed by atoms with Crippen LogP contribution in [0.4, 0.5) is 0 Å². The number of allylic oxidation sites excluding steroid dienone is 1. The fourth-order valence-electron chi connectivity index (χ4n) is 1.57. The Hall–Kier alpha value is -0.260. The first-order chi connectivity index (χ1) is 4.91. The molecule has 0 saturated carbocycles. The van der Waals surface area contributed by atoms with E-state index in [-0.39, 0.29) is 0 Å². The zero-order chi connectivity index (χ0) is 9.07. The summed E-state index contributed by atoms with van der Waals surface area (Å²) in [4.78, 5) is 0. The van der Waals surface area contributed by atoms with Gasteiger partial charge < -0.3 is 0 Å². The highest BCUT2D eigenvalue weighted by atomic mass is 14.3. The molecule has 0 fully saturated rings. The van der Waals surface area contributed by atoms with E-state index in [0.717, 1.165) is 0 Å². The van der Waals surface area contributed by atoms with E-state index in [4.69, 9.17) is 0 Å². The fourth-order valence-corrected chi connectivity index (χ4v) is 1.57. The molecule has 0 aliphatic heterocycles. The Morgan fingerprint density at radius 2 is 1.82 bits per heavy atom. The average molecular weight is 154 g/mol. The molecule has 0 N–H and O–H groups in total. The van der Waals surface area contributed by atoms with E-state index in [9.17, 15) is 0 Å². The molecule has 0 aliphatic rings. The van der Waals surface area contributed by atoms with Crippen LogP contribution >= 0.6 is 0 Å². The van der Waals surface area contributed by atoms with E-state index in [1.807, 2.05) is 0 Å². The Balaban J connectivity index is 4.17. The van der Waals surface area contributed by atoms with Gasteiger partial charge in [-0.15, -0.1) is 0 Å². The van der Waals surface area contributed by atoms with E-state index >= 15 is 0 Å². The van der Waals surface area contributed by atoms with E-state index in [1.54, 1.807) is 0 Å². The first-order valence-electron chi connectivity index (χ1n) is 4.61. The van der Waals surface area contributed by atoms with Crippen molar-refractivity contribution in [1.29, 1.82) is 0 Å². The van der Waals surface area contributed by atoms with Gasteiger partial charge in [0.05, 0.1) is 0 Å². The molecule has 0 heteroatoms. The third-order valence-electron chi connectivity index (χ3n) is 2.44. The molecule has 0 radical (unpaired) electrons. The monoisotopic (exact) mass is 154 g/mol. The minimum absolute atomic E-state index is 0.336. The van der Waals surface area contributed by atoms with Crippen molar-refractivity contribution in [2.75, 3.05) is 0 Å². The molecule has 11 heavy (non-hydrogen) atoms. The zero-order valence-electron chi connectivity index (χ0n) is 8.70. The standard InChI is InChI=1S/C11H22/c1-7-8-11(5,6)10(4)9(2)3/h9H,4,7-8H2,1-3,5-6H3. The normalized spacial score (nSPS) is 12.2. The topological polar surface area (TPSA) is 0 Å². The second kappa shape index (κ2) is 3.94. The Morgan fingerprint density at radius 3 is 2.09 bits per heavy atom. The lowest BCUT2D eigenvalue weighted by atomic mass is 9.76. The maximum atomic E-state index is 4.14. The van der Waals surface area contributed by atoms with Crippen molar-refractivity contribution >= 4 is 0 Å². The quantitative estimate of drug-likeness (QED) is 0.536. The summed E-state index contributed by atoms with van der Waals surface area (Å²) in [6, 6.07) is 0. The van der Waals surface area contributed by atoms with Crippen molar-refractivity contribution in [2.45, 2.75) is 47.5 Å². The van der Waals surface area contributed by atoms with Gasteiger partial charge >= 0.3 is 0 Å². The first kappa shape index (κ1) is 10.7. The predicted octanol–water partition coefficient (Wildman–Crippen LogP) is 4.02. The molecule has 0 aromatic carbocycles. The molecule has 0 aliphatic carbocycles. The van der Waals surface area contributed by atoms with Crippen LogP contribution in [0, 0.1) is 11.3 Å². The van der Waals surface area contributed by atoms with Crippen molar-refractivity contribution in [2.24, 2.45) is 11.3 Å². The lowest BCUT2D eigenvalue weighted by molar-refractivity contribution is 0.370. The molecule has 0 amide bonds. The van der Waals surface area contributed by atoms with Crippen LogP contribution < -0.4 is 0 Å². The predicted molar refractivity (Wildman–Crippen MR) is 52.7 cm³/mol. The van der Waals surface area contributed by atoms with Crippen molar-refractivity contribution < 1.29 is 0 Å². The van der Waals surface area contributed by atoms with Gasteiger partial charge in [-0.3, -0.25) is 0 Å². The van der Waals surface area contributed by atoms with Crippen LogP contribution in [0.15, 0.2) is 12.2 Å². The van der Waals surface area contributed by atoms with E-state index in [1.165, 1.54) is 18.4 Å². The molecule has 0 unspecified atom stereocenters. The highest BCUT2D eigenvalue weighted by molar-refractivity contribution is 5.08. The number of hydrogen-bond acceptors (Lipinski definition) is 0. The minimum Gasteiger partial charge on any atom is -0.0991 e. The number of hydrogen-bond donors (Lipinski definition) is 0. The van der Waals surface area contributed by atoms with Gasteiger partial charge in [0.1, 0.15) is 0 Å². The molecule has 0 atom stereocenters. The lowest BCUT2D eigenvalue weighted by Gasteiger charge is -2.29. The third-order valence-corrected chi connectivity index (χ3v) is 2.44. The van der Waals surface area contributed by atoms with Gasteiger partial charge in [-0.25, -0.2) is 0 Å². The maximum Gasteiger partial charge on any atom is -0.0145 e. The van der Waals surface area contributed by atoms with Gasteiger partial charge in [-0.2, -0.15) is 0 Å². The average Bonchev–Trinajstić information content (AvgIpc) is 1.86. The molecule has 66 valence electrons. The van der Waals surface area contributed by atoms with E-state index < -0.39 is 0 Å². The lowest BCUT2D eigenvalue weighted by Crippen LogP contribution is -2.17. The largest absolute Gasteiger partial charge is 0.0991 e. The van der Waals surface area contributed by atoms with E-state index in [2.05, 4.69) is 41.2 Å². The highest BCUT2D eigenvalue weighted by Crippen LogP contribution is 2.34. The third kappa shape index (κ3) is 3.09. The molecule has 0 saturated heterocycles. The van der Waals surface area contributed by atoms with Crippen LogP contribution in [0.2, 0.25) is 0 Å². The Bertz CT molecular complexity index is 129. The summed E-state index contributed by atoms with van der Waals surface area (Å²) >= 11 is 0. The van der Waals surface area contributed by atoms with Crippen LogP contribution in [0.25, 0.3) is 0 Å². The summed E-state index contributed by atoms with van der Waals surface area (Å²) in [5.74, 6) is 0.622. The van der Waals surface area contributed by atoms with Crippen LogP contribution in [-0.2, 0) is 0 Å². The highest BCUT2D eigenvalue weighted by Gasteiger charge is 2.21. The Kier molecular flexibility index (Phi) is 3.85. The molecule has 0 bridgehead atoms. The maximum absolute atomic E-state index is 4.14.